The molecule has 0 amide bonds. The van der Waals surface area contributed by atoms with Crippen molar-refractivity contribution in [1.29, 1.82) is 0 Å². The number of ether oxygens (including phenoxy) is 8. The highest BCUT2D eigenvalue weighted by Crippen LogP contribution is 2.48. The van der Waals surface area contributed by atoms with Crippen molar-refractivity contribution in [3.63, 3.8) is 0 Å². The Labute approximate surface area is 734 Å². The summed E-state index contributed by atoms with van der Waals surface area (Å²) in [5.74, 6) is 5.17. The largest absolute Gasteiger partial charge is 0.490 e. The summed E-state index contributed by atoms with van der Waals surface area (Å²) in [6.07, 6.45) is 62.7. The van der Waals surface area contributed by atoms with Gasteiger partial charge < -0.3 is 37.9 Å². The minimum Gasteiger partial charge on any atom is -0.490 e. The van der Waals surface area contributed by atoms with E-state index in [1.165, 1.54) is 267 Å². The Kier molecular flexibility index (Phi) is 46.2. The second-order valence-electron chi connectivity index (χ2n) is 38.9. The molecule has 4 aromatic carbocycles. The van der Waals surface area contributed by atoms with Crippen molar-refractivity contribution in [2.24, 2.45) is 94.7 Å². The van der Waals surface area contributed by atoms with Crippen molar-refractivity contribution in [3.8, 4) is 46.0 Å². The van der Waals surface area contributed by atoms with Gasteiger partial charge in [-0.05, 0) is 323 Å². The van der Waals surface area contributed by atoms with Crippen LogP contribution in [0.1, 0.15) is 376 Å². The fourth-order valence-electron chi connectivity index (χ4n) is 21.9. The van der Waals surface area contributed by atoms with Crippen LogP contribution < -0.4 is 37.9 Å². The molecular formula is C106H164F8O8. The van der Waals surface area contributed by atoms with Gasteiger partial charge >= 0.3 is 0 Å². The summed E-state index contributed by atoms with van der Waals surface area (Å²) in [5.41, 5.74) is 0. The molecule has 12 rings (SSSR count). The molecule has 0 spiro atoms. The van der Waals surface area contributed by atoms with Gasteiger partial charge in [0.25, 0.3) is 0 Å². The highest BCUT2D eigenvalue weighted by atomic mass is 19.2. The molecule has 0 radical (unpaired) electrons. The highest BCUT2D eigenvalue weighted by Gasteiger charge is 2.37. The SMILES string of the molecule is CCCCCC1CCC(C2CCC(COc3ccc(OCCCC)c(F)c3F)CC2)CC1.CCCCOc1ccc(OCC2CCC(C3CCC(CC)CC3)CC2)c(F)c1F.CCCCOc1ccc(OCC2CCC(C3CCC(CCC)CC3)CC2)c(F)c1F.CCCCOc1ccc(OCC2CCC(C3CCC(CCCC)CC3)CC2)c(F)c1F. The predicted octanol–water partition coefficient (Wildman–Crippen LogP) is 32.5. The molecule has 0 bridgehead atoms. The molecule has 0 aliphatic heterocycles. The first-order valence-corrected chi connectivity index (χ1v) is 50.4. The summed E-state index contributed by atoms with van der Waals surface area (Å²) in [4.78, 5) is 0. The molecule has 8 saturated carbocycles. The van der Waals surface area contributed by atoms with Gasteiger partial charge in [-0.15, -0.1) is 0 Å². The van der Waals surface area contributed by atoms with Crippen molar-refractivity contribution in [2.75, 3.05) is 52.9 Å². The Morgan fingerprint density at radius 1 is 0.189 bits per heavy atom. The third-order valence-electron chi connectivity index (χ3n) is 30.2. The van der Waals surface area contributed by atoms with E-state index in [0.29, 0.717) is 76.5 Å². The zero-order valence-electron chi connectivity index (χ0n) is 77.2. The van der Waals surface area contributed by atoms with Crippen molar-refractivity contribution < 1.29 is 73.0 Å². The van der Waals surface area contributed by atoms with Crippen LogP contribution in [-0.2, 0) is 0 Å². The lowest BCUT2D eigenvalue weighted by atomic mass is 9.69. The van der Waals surface area contributed by atoms with Crippen molar-refractivity contribution in [3.05, 3.63) is 95.1 Å². The molecule has 0 atom stereocenters. The molecule has 692 valence electrons. The second kappa shape index (κ2) is 56.1. The summed E-state index contributed by atoms with van der Waals surface area (Å²) in [6.45, 7) is 20.8. The molecule has 8 aliphatic rings. The van der Waals surface area contributed by atoms with Gasteiger partial charge in [-0.25, -0.2) is 0 Å². The maximum atomic E-state index is 14.4. The molecule has 8 nitrogen and oxygen atoms in total. The van der Waals surface area contributed by atoms with E-state index >= 15 is 0 Å². The number of benzene rings is 4. The van der Waals surface area contributed by atoms with E-state index < -0.39 is 46.5 Å². The van der Waals surface area contributed by atoms with Crippen molar-refractivity contribution in [2.45, 2.75) is 376 Å². The molecule has 0 saturated heterocycles. The van der Waals surface area contributed by atoms with E-state index in [1.807, 2.05) is 27.7 Å². The van der Waals surface area contributed by atoms with Gasteiger partial charge in [-0.3, -0.25) is 0 Å². The number of rotatable bonds is 42. The number of unbranched alkanes of at least 4 members (excludes halogenated alkanes) is 7. The smallest absolute Gasteiger partial charge is 0.204 e. The third-order valence-corrected chi connectivity index (χ3v) is 30.2. The van der Waals surface area contributed by atoms with E-state index in [2.05, 4.69) is 27.7 Å². The van der Waals surface area contributed by atoms with Crippen LogP contribution >= 0.6 is 0 Å². The molecular weight excluding hydrogens is 1550 g/mol. The Balaban J connectivity index is 0.000000185. The maximum Gasteiger partial charge on any atom is 0.204 e. The normalized spacial score (nSPS) is 26.8. The minimum absolute atomic E-state index is 0.00496. The number of hydrogen-bond acceptors (Lipinski definition) is 8. The third kappa shape index (κ3) is 32.8. The molecule has 0 unspecified atom stereocenters. The topological polar surface area (TPSA) is 73.8 Å². The molecule has 122 heavy (non-hydrogen) atoms. The summed E-state index contributed by atoms with van der Waals surface area (Å²) in [7, 11) is 0. The van der Waals surface area contributed by atoms with E-state index in [-0.39, 0.29) is 46.0 Å². The van der Waals surface area contributed by atoms with Gasteiger partial charge in [0.05, 0.1) is 52.9 Å². The first-order chi connectivity index (χ1) is 59.5. The summed E-state index contributed by atoms with van der Waals surface area (Å²) in [5, 5.41) is 0. The Bertz CT molecular complexity index is 3460. The fourth-order valence-corrected chi connectivity index (χ4v) is 21.9. The van der Waals surface area contributed by atoms with Crippen LogP contribution in [0.15, 0.2) is 48.5 Å². The van der Waals surface area contributed by atoms with Crippen LogP contribution in [0.25, 0.3) is 0 Å². The molecule has 0 heterocycles. The fraction of sp³-hybridized carbons (Fsp3) is 0.774. The number of hydrogen-bond donors (Lipinski definition) is 0. The quantitative estimate of drug-likeness (QED) is 0.0321. The summed E-state index contributed by atoms with van der Waals surface area (Å²) < 4.78 is 158. The standard InChI is InChI=1S/C28H44F2O2.C27H42F2O2.C26H40F2O2.C25H38F2O2/c1-3-5-7-8-21-9-13-23(14-10-21)24-15-11-22(12-16-24)20-32-26-18-17-25(27(29)28(26)30)31-19-6-4-2;1-3-5-7-20-8-12-22(13-9-20)23-14-10-21(11-15-23)19-31-25-17-16-24(26(28)27(25)29)30-18-6-4-2;1-3-5-17-29-23-15-16-24(26(28)25(23)27)30-18-20-9-13-22(14-10-20)21-11-7-19(6-4-2)8-12-21;1-3-5-16-28-22-14-15-23(25(27)24(22)26)29-17-19-8-12-21(13-9-19)20-10-6-18(4-2)7-11-20/h17-18,21-24H,3-16,19-20H2,1-2H3;16-17,20-23H,3-15,18-19H2,1-2H3;15-16,19-22H,3-14,17-18H2,1-2H3;14-15,18-21H,3-13,16-17H2,1-2H3. The highest BCUT2D eigenvalue weighted by molar-refractivity contribution is 5.38. The average molecular weight is 1720 g/mol. The van der Waals surface area contributed by atoms with Crippen molar-refractivity contribution >= 4 is 0 Å². The van der Waals surface area contributed by atoms with Crippen LogP contribution in [-0.4, -0.2) is 52.9 Å². The molecule has 0 N–H and O–H groups in total. The first-order valence-electron chi connectivity index (χ1n) is 50.4. The van der Waals surface area contributed by atoms with E-state index in [0.717, 1.165) is 174 Å². The average Bonchev–Trinajstić information content (AvgIpc) is 0.812. The lowest BCUT2D eigenvalue weighted by Gasteiger charge is -2.38. The Morgan fingerprint density at radius 3 is 0.566 bits per heavy atom. The van der Waals surface area contributed by atoms with Crippen LogP contribution in [0.4, 0.5) is 35.1 Å². The van der Waals surface area contributed by atoms with Gasteiger partial charge in [0.2, 0.25) is 46.5 Å². The second-order valence-corrected chi connectivity index (χ2v) is 38.9. The molecule has 4 aromatic rings. The Morgan fingerprint density at radius 2 is 0.369 bits per heavy atom. The van der Waals surface area contributed by atoms with Gasteiger partial charge in [0.15, 0.2) is 46.0 Å². The van der Waals surface area contributed by atoms with Crippen LogP contribution in [0, 0.1) is 141 Å². The number of halogens is 8. The molecule has 16 heteroatoms. The minimum atomic E-state index is -0.940. The van der Waals surface area contributed by atoms with E-state index in [9.17, 15) is 35.1 Å². The monoisotopic (exact) mass is 1720 g/mol. The van der Waals surface area contributed by atoms with Gasteiger partial charge in [0.1, 0.15) is 0 Å². The lowest BCUT2D eigenvalue weighted by Crippen LogP contribution is -2.27. The summed E-state index contributed by atoms with van der Waals surface area (Å²) in [6, 6.07) is 11.9. The van der Waals surface area contributed by atoms with Gasteiger partial charge in [0, 0.05) is 0 Å². The lowest BCUT2D eigenvalue weighted by molar-refractivity contribution is 0.120. The van der Waals surface area contributed by atoms with E-state index in [4.69, 9.17) is 37.9 Å². The summed E-state index contributed by atoms with van der Waals surface area (Å²) >= 11 is 0. The first kappa shape index (κ1) is 100. The molecule has 0 aromatic heterocycles. The van der Waals surface area contributed by atoms with E-state index in [1.54, 1.807) is 0 Å². The molecule has 8 fully saturated rings. The zero-order chi connectivity index (χ0) is 86.8. The van der Waals surface area contributed by atoms with Gasteiger partial charge in [-0.2, -0.15) is 35.1 Å². The zero-order valence-corrected chi connectivity index (χ0v) is 77.2. The van der Waals surface area contributed by atoms with Crippen molar-refractivity contribution in [1.82, 2.24) is 0 Å². The predicted molar refractivity (Wildman–Crippen MR) is 481 cm³/mol. The molecule has 8 aliphatic carbocycles. The Hall–Kier alpha value is -5.28. The van der Waals surface area contributed by atoms with Gasteiger partial charge in [-0.1, -0.05) is 197 Å². The maximum absolute atomic E-state index is 14.4. The van der Waals surface area contributed by atoms with Crippen LogP contribution in [0.3, 0.4) is 0 Å². The van der Waals surface area contributed by atoms with Crippen LogP contribution in [0.5, 0.6) is 46.0 Å². The van der Waals surface area contributed by atoms with Crippen LogP contribution in [0.2, 0.25) is 0 Å².